The van der Waals surface area contributed by atoms with Crippen LogP contribution in [0.1, 0.15) is 6.92 Å². The van der Waals surface area contributed by atoms with Gasteiger partial charge < -0.3 is 10.2 Å². The van der Waals surface area contributed by atoms with Crippen molar-refractivity contribution in [2.75, 3.05) is 11.2 Å². The molecule has 0 spiro atoms. The van der Waals surface area contributed by atoms with E-state index in [1.807, 2.05) is 0 Å². The molecule has 0 aromatic carbocycles. The molecule has 0 aliphatic carbocycles. The first-order valence-corrected chi connectivity index (χ1v) is 6.01. The van der Waals surface area contributed by atoms with Gasteiger partial charge in [-0.25, -0.2) is 4.79 Å². The number of thioether (sulfide) groups is 1. The highest BCUT2D eigenvalue weighted by Gasteiger charge is 2.07. The molecule has 10 heteroatoms. The summed E-state index contributed by atoms with van der Waals surface area (Å²) in [6, 6.07) is 0. The van der Waals surface area contributed by atoms with Crippen molar-refractivity contribution >= 4 is 45.9 Å². The van der Waals surface area contributed by atoms with Crippen molar-refractivity contribution in [3.8, 4) is 0 Å². The predicted octanol–water partition coefficient (Wildman–Crippen LogP) is 0.587. The molecule has 1 aromatic heterocycles. The monoisotopic (exact) mass is 276 g/mol. The largest absolute Gasteiger partial charge is 0.481 e. The van der Waals surface area contributed by atoms with Crippen LogP contribution in [0.15, 0.2) is 9.44 Å². The van der Waals surface area contributed by atoms with E-state index in [2.05, 4.69) is 20.7 Å². The number of nitrogens with zero attached hydrogens (tertiary/aromatic N) is 3. The fraction of sp³-hybridized carbons (Fsp3) is 0.286. The first-order chi connectivity index (χ1) is 7.99. The third-order valence-corrected chi connectivity index (χ3v) is 3.30. The van der Waals surface area contributed by atoms with Crippen LogP contribution in [-0.2, 0) is 9.59 Å². The van der Waals surface area contributed by atoms with Crippen LogP contribution in [0, 0.1) is 0 Å². The van der Waals surface area contributed by atoms with Crippen LogP contribution in [-0.4, -0.2) is 43.8 Å². The SMILES string of the molecule is C/C(=N/Nc1nnc(SCC(=O)O)s1)C(=O)O. The zero-order chi connectivity index (χ0) is 12.8. The lowest BCUT2D eigenvalue weighted by atomic mass is 10.4. The van der Waals surface area contributed by atoms with Gasteiger partial charge in [0, 0.05) is 0 Å². The number of aliphatic carboxylic acids is 2. The van der Waals surface area contributed by atoms with Gasteiger partial charge >= 0.3 is 11.9 Å². The molecule has 0 saturated heterocycles. The van der Waals surface area contributed by atoms with Gasteiger partial charge in [-0.2, -0.15) is 5.10 Å². The molecule has 0 atom stereocenters. The molecular formula is C7H8N4O4S2. The third-order valence-electron chi connectivity index (χ3n) is 1.35. The van der Waals surface area contributed by atoms with Crippen LogP contribution in [0.2, 0.25) is 0 Å². The molecule has 1 heterocycles. The molecule has 0 aliphatic rings. The van der Waals surface area contributed by atoms with Crippen LogP contribution in [0.3, 0.4) is 0 Å². The second kappa shape index (κ2) is 6.15. The fourth-order valence-electron chi connectivity index (χ4n) is 0.616. The molecule has 0 bridgehead atoms. The molecule has 1 aromatic rings. The van der Waals surface area contributed by atoms with Crippen LogP contribution in [0.25, 0.3) is 0 Å². The van der Waals surface area contributed by atoms with Crippen LogP contribution in [0.4, 0.5) is 5.13 Å². The van der Waals surface area contributed by atoms with Gasteiger partial charge in [-0.15, -0.1) is 10.2 Å². The Kier molecular flexibility index (Phi) is 4.84. The Morgan fingerprint density at radius 2 is 2.18 bits per heavy atom. The van der Waals surface area contributed by atoms with E-state index in [1.165, 1.54) is 6.92 Å². The first-order valence-electron chi connectivity index (χ1n) is 4.20. The molecule has 1 rings (SSSR count). The summed E-state index contributed by atoms with van der Waals surface area (Å²) in [5.41, 5.74) is 2.31. The molecule has 92 valence electrons. The van der Waals surface area contributed by atoms with Gasteiger partial charge in [-0.3, -0.25) is 10.2 Å². The summed E-state index contributed by atoms with van der Waals surface area (Å²) in [5.74, 6) is -2.19. The zero-order valence-corrected chi connectivity index (χ0v) is 10.2. The third kappa shape index (κ3) is 4.78. The van der Waals surface area contributed by atoms with Gasteiger partial charge in [-0.05, 0) is 6.92 Å². The minimum atomic E-state index is -1.14. The number of hydrazone groups is 1. The highest BCUT2D eigenvalue weighted by atomic mass is 32.2. The molecular weight excluding hydrogens is 268 g/mol. The Morgan fingerprint density at radius 1 is 1.47 bits per heavy atom. The number of anilines is 1. The lowest BCUT2D eigenvalue weighted by molar-refractivity contribution is -0.134. The van der Waals surface area contributed by atoms with E-state index in [-0.39, 0.29) is 11.5 Å². The number of nitrogens with one attached hydrogen (secondary N) is 1. The molecule has 0 aliphatic heterocycles. The van der Waals surface area contributed by atoms with Crippen molar-refractivity contribution in [2.45, 2.75) is 11.3 Å². The lowest BCUT2D eigenvalue weighted by Gasteiger charge is -1.93. The van der Waals surface area contributed by atoms with E-state index in [0.717, 1.165) is 23.1 Å². The van der Waals surface area contributed by atoms with Gasteiger partial charge in [0.2, 0.25) is 5.13 Å². The Labute approximate surface area is 104 Å². The van der Waals surface area contributed by atoms with Crippen molar-refractivity contribution in [1.29, 1.82) is 0 Å². The topological polar surface area (TPSA) is 125 Å². The van der Waals surface area contributed by atoms with Crippen LogP contribution >= 0.6 is 23.1 Å². The normalized spacial score (nSPS) is 11.2. The predicted molar refractivity (Wildman–Crippen MR) is 62.6 cm³/mol. The number of hydrogen-bond acceptors (Lipinski definition) is 8. The first kappa shape index (κ1) is 13.4. The minimum absolute atomic E-state index is 0.105. The zero-order valence-electron chi connectivity index (χ0n) is 8.58. The molecule has 0 unspecified atom stereocenters. The molecule has 8 nitrogen and oxygen atoms in total. The number of carboxylic acid groups (broad SMARTS) is 2. The summed E-state index contributed by atoms with van der Waals surface area (Å²) in [7, 11) is 0. The van der Waals surface area contributed by atoms with Crippen molar-refractivity contribution in [1.82, 2.24) is 10.2 Å². The van der Waals surface area contributed by atoms with E-state index in [9.17, 15) is 9.59 Å². The summed E-state index contributed by atoms with van der Waals surface area (Å²) in [4.78, 5) is 20.7. The number of carbonyl (C=O) groups is 2. The van der Waals surface area contributed by atoms with Gasteiger partial charge in [0.25, 0.3) is 0 Å². The van der Waals surface area contributed by atoms with Crippen molar-refractivity contribution in [3.05, 3.63) is 0 Å². The lowest BCUT2D eigenvalue weighted by Crippen LogP contribution is -2.10. The average Bonchev–Trinajstić information content (AvgIpc) is 2.70. The molecule has 3 N–H and O–H groups in total. The van der Waals surface area contributed by atoms with Gasteiger partial charge in [0.05, 0.1) is 5.75 Å². The van der Waals surface area contributed by atoms with E-state index in [1.54, 1.807) is 0 Å². The molecule has 0 fully saturated rings. The number of aromatic nitrogens is 2. The molecule has 0 amide bonds. The number of hydrogen-bond donors (Lipinski definition) is 3. The van der Waals surface area contributed by atoms with E-state index >= 15 is 0 Å². The molecule has 0 radical (unpaired) electrons. The maximum absolute atomic E-state index is 10.4. The highest BCUT2D eigenvalue weighted by Crippen LogP contribution is 2.25. The van der Waals surface area contributed by atoms with Gasteiger partial charge in [0.15, 0.2) is 4.34 Å². The van der Waals surface area contributed by atoms with Crippen molar-refractivity contribution in [3.63, 3.8) is 0 Å². The summed E-state index contributed by atoms with van der Waals surface area (Å²) < 4.78 is 0.470. The highest BCUT2D eigenvalue weighted by molar-refractivity contribution is 8.01. The maximum atomic E-state index is 10.4. The fourth-order valence-corrected chi connectivity index (χ4v) is 2.03. The standard InChI is InChI=1S/C7H8N4O4S2/c1-3(5(14)15)8-9-6-10-11-7(17-6)16-2-4(12)13/h2H2,1H3,(H,9,10)(H,12,13)(H,14,15)/b8-3-. The quantitative estimate of drug-likeness (QED) is 0.391. The van der Waals surface area contributed by atoms with E-state index in [4.69, 9.17) is 10.2 Å². The van der Waals surface area contributed by atoms with Crippen LogP contribution in [0.5, 0.6) is 0 Å². The number of rotatable bonds is 6. The average molecular weight is 276 g/mol. The van der Waals surface area contributed by atoms with E-state index < -0.39 is 11.9 Å². The Bertz CT molecular complexity index is 458. The molecule has 17 heavy (non-hydrogen) atoms. The smallest absolute Gasteiger partial charge is 0.351 e. The van der Waals surface area contributed by atoms with Gasteiger partial charge in [0.1, 0.15) is 5.71 Å². The van der Waals surface area contributed by atoms with Crippen LogP contribution < -0.4 is 5.43 Å². The second-order valence-corrected chi connectivity index (χ2v) is 4.87. The minimum Gasteiger partial charge on any atom is -0.481 e. The Morgan fingerprint density at radius 3 is 2.76 bits per heavy atom. The second-order valence-electron chi connectivity index (χ2n) is 2.67. The van der Waals surface area contributed by atoms with Crippen molar-refractivity contribution in [2.24, 2.45) is 5.10 Å². The summed E-state index contributed by atoms with van der Waals surface area (Å²) in [5, 5.41) is 28.2. The molecule has 0 saturated carbocycles. The van der Waals surface area contributed by atoms with Gasteiger partial charge in [-0.1, -0.05) is 23.1 Å². The summed E-state index contributed by atoms with van der Waals surface area (Å²) in [6.45, 7) is 1.33. The Balaban J connectivity index is 2.54. The number of carboxylic acids is 2. The summed E-state index contributed by atoms with van der Waals surface area (Å²) >= 11 is 2.13. The summed E-state index contributed by atoms with van der Waals surface area (Å²) in [6.07, 6.45) is 0. The Hall–Kier alpha value is -1.68. The maximum Gasteiger partial charge on any atom is 0.351 e. The van der Waals surface area contributed by atoms with Crippen molar-refractivity contribution < 1.29 is 19.8 Å². The van der Waals surface area contributed by atoms with E-state index in [0.29, 0.717) is 9.47 Å².